The highest BCUT2D eigenvalue weighted by Crippen LogP contribution is 2.06. The molecule has 1 unspecified atom stereocenters. The van der Waals surface area contributed by atoms with E-state index < -0.39 is 0 Å². The van der Waals surface area contributed by atoms with Gasteiger partial charge >= 0.3 is 0 Å². The average Bonchev–Trinajstić information content (AvgIpc) is 2.34. The summed E-state index contributed by atoms with van der Waals surface area (Å²) >= 11 is 0. The molecular weight excluding hydrogens is 142 g/mol. The lowest BCUT2D eigenvalue weighted by molar-refractivity contribution is 0.791. The second-order valence-corrected chi connectivity index (χ2v) is 2.32. The van der Waals surface area contributed by atoms with Crippen molar-refractivity contribution >= 4 is 23.7 Å². The van der Waals surface area contributed by atoms with Crippen molar-refractivity contribution in [2.75, 3.05) is 0 Å². The quantitative estimate of drug-likeness (QED) is 0.499. The van der Waals surface area contributed by atoms with Gasteiger partial charge in [-0.25, -0.2) is 20.0 Å². The van der Waals surface area contributed by atoms with E-state index in [0.717, 1.165) is 0 Å². The molecule has 2 heterocycles. The van der Waals surface area contributed by atoms with Gasteiger partial charge in [-0.15, -0.1) is 0 Å². The molecule has 2 aliphatic heterocycles. The van der Waals surface area contributed by atoms with Gasteiger partial charge in [-0.2, -0.15) is 0 Å². The van der Waals surface area contributed by atoms with Crippen LogP contribution in [0.15, 0.2) is 20.0 Å². The molecule has 0 spiro atoms. The fourth-order valence-corrected chi connectivity index (χ4v) is 1.00. The average molecular weight is 149 g/mol. The van der Waals surface area contributed by atoms with Gasteiger partial charge in [-0.1, -0.05) is 0 Å². The van der Waals surface area contributed by atoms with Gasteiger partial charge in [0.1, 0.15) is 12.5 Å². The highest BCUT2D eigenvalue weighted by atomic mass is 15.2. The molecule has 0 saturated heterocycles. The lowest BCUT2D eigenvalue weighted by Crippen LogP contribution is -2.33. The van der Waals surface area contributed by atoms with Gasteiger partial charge in [0.15, 0.2) is 17.4 Å². The van der Waals surface area contributed by atoms with E-state index in [9.17, 15) is 0 Å². The summed E-state index contributed by atoms with van der Waals surface area (Å²) in [5.74, 6) is 1.03. The lowest BCUT2D eigenvalue weighted by Gasteiger charge is -2.10. The summed E-state index contributed by atoms with van der Waals surface area (Å²) in [6.45, 7) is 1.85. The maximum atomic E-state index is 5.57. The van der Waals surface area contributed by atoms with Gasteiger partial charge in [-0.3, -0.25) is 0 Å². The van der Waals surface area contributed by atoms with Crippen molar-refractivity contribution in [1.82, 2.24) is 0 Å². The second kappa shape index (κ2) is 1.98. The van der Waals surface area contributed by atoms with E-state index in [2.05, 4.69) is 20.0 Å². The third-order valence-electron chi connectivity index (χ3n) is 1.46. The SMILES string of the molecule is CC1N=C(N)C2=NC=NC2=N1. The van der Waals surface area contributed by atoms with Crippen molar-refractivity contribution in [2.45, 2.75) is 13.1 Å². The molecule has 0 aromatic rings. The molecule has 2 rings (SSSR count). The molecule has 0 radical (unpaired) electrons. The Morgan fingerprint density at radius 2 is 2.27 bits per heavy atom. The Morgan fingerprint density at radius 1 is 1.45 bits per heavy atom. The smallest absolute Gasteiger partial charge is 0.181 e. The zero-order valence-corrected chi connectivity index (χ0v) is 6.02. The summed E-state index contributed by atoms with van der Waals surface area (Å²) < 4.78 is 0. The number of nitrogens with zero attached hydrogens (tertiary/aromatic N) is 4. The zero-order valence-electron chi connectivity index (χ0n) is 6.02. The summed E-state index contributed by atoms with van der Waals surface area (Å²) in [7, 11) is 0. The predicted octanol–water partition coefficient (Wildman–Crippen LogP) is -0.415. The van der Waals surface area contributed by atoms with Gasteiger partial charge in [0.2, 0.25) is 0 Å². The first-order chi connectivity index (χ1) is 5.27. The van der Waals surface area contributed by atoms with E-state index >= 15 is 0 Å². The van der Waals surface area contributed by atoms with Crippen molar-refractivity contribution in [2.24, 2.45) is 25.7 Å². The van der Waals surface area contributed by atoms with E-state index in [1.165, 1.54) is 6.34 Å². The van der Waals surface area contributed by atoms with Gasteiger partial charge in [0, 0.05) is 0 Å². The van der Waals surface area contributed by atoms with E-state index in [0.29, 0.717) is 17.4 Å². The van der Waals surface area contributed by atoms with Crippen molar-refractivity contribution in [3.05, 3.63) is 0 Å². The molecule has 5 nitrogen and oxygen atoms in total. The summed E-state index contributed by atoms with van der Waals surface area (Å²) in [6, 6.07) is 0. The first-order valence-electron chi connectivity index (χ1n) is 3.29. The Morgan fingerprint density at radius 3 is 3.09 bits per heavy atom. The highest BCUT2D eigenvalue weighted by Gasteiger charge is 2.21. The summed E-state index contributed by atoms with van der Waals surface area (Å²) in [4.78, 5) is 16.0. The van der Waals surface area contributed by atoms with Gasteiger partial charge < -0.3 is 5.73 Å². The van der Waals surface area contributed by atoms with E-state index in [1.807, 2.05) is 6.92 Å². The monoisotopic (exact) mass is 149 g/mol. The summed E-state index contributed by atoms with van der Waals surface area (Å²) in [5, 5.41) is 0. The molecule has 11 heavy (non-hydrogen) atoms. The van der Waals surface area contributed by atoms with Crippen LogP contribution in [-0.2, 0) is 0 Å². The van der Waals surface area contributed by atoms with E-state index in [4.69, 9.17) is 5.73 Å². The first kappa shape index (κ1) is 6.21. The minimum atomic E-state index is -0.126. The first-order valence-corrected chi connectivity index (χ1v) is 3.29. The Bertz CT molecular complexity index is 309. The van der Waals surface area contributed by atoms with Crippen LogP contribution in [0.3, 0.4) is 0 Å². The Hall–Kier alpha value is -1.52. The third kappa shape index (κ3) is 0.849. The van der Waals surface area contributed by atoms with Crippen LogP contribution in [0.25, 0.3) is 0 Å². The zero-order chi connectivity index (χ0) is 7.84. The largest absolute Gasteiger partial charge is 0.382 e. The van der Waals surface area contributed by atoms with Crippen LogP contribution >= 0.6 is 0 Å². The van der Waals surface area contributed by atoms with Crippen molar-refractivity contribution in [3.63, 3.8) is 0 Å². The minimum Gasteiger partial charge on any atom is -0.382 e. The van der Waals surface area contributed by atoms with Crippen molar-refractivity contribution in [1.29, 1.82) is 0 Å². The van der Waals surface area contributed by atoms with E-state index in [1.54, 1.807) is 0 Å². The standard InChI is InChI=1S/C6H7N5/c1-3-10-5(7)4-6(11-3)9-2-8-4/h2-3H,1H3,(H2,7,10). The Balaban J connectivity index is 2.46. The molecule has 2 N–H and O–H groups in total. The van der Waals surface area contributed by atoms with Crippen LogP contribution in [0, 0.1) is 0 Å². The minimum absolute atomic E-state index is 0.126. The molecule has 0 fully saturated rings. The van der Waals surface area contributed by atoms with Crippen LogP contribution in [0.1, 0.15) is 6.92 Å². The molecule has 5 heteroatoms. The van der Waals surface area contributed by atoms with Crippen LogP contribution in [0.5, 0.6) is 0 Å². The number of hydrogen-bond donors (Lipinski definition) is 1. The maximum absolute atomic E-state index is 5.57. The van der Waals surface area contributed by atoms with Crippen LogP contribution in [-0.4, -0.2) is 29.9 Å². The molecule has 2 aliphatic rings. The van der Waals surface area contributed by atoms with Crippen molar-refractivity contribution in [3.8, 4) is 0 Å². The molecule has 56 valence electrons. The molecule has 0 aromatic heterocycles. The highest BCUT2D eigenvalue weighted by molar-refractivity contribution is 6.70. The van der Waals surface area contributed by atoms with E-state index in [-0.39, 0.29) is 6.17 Å². The number of aliphatic imine (C=N–C) groups is 4. The molecule has 1 atom stereocenters. The maximum Gasteiger partial charge on any atom is 0.181 e. The van der Waals surface area contributed by atoms with Crippen LogP contribution in [0.2, 0.25) is 0 Å². The normalized spacial score (nSPS) is 27.4. The number of fused-ring (bicyclic) bond motifs is 1. The number of nitrogens with two attached hydrogens (primary N) is 1. The molecule has 0 bridgehead atoms. The predicted molar refractivity (Wildman–Crippen MR) is 44.4 cm³/mol. The summed E-state index contributed by atoms with van der Waals surface area (Å²) in [5.41, 5.74) is 6.17. The summed E-state index contributed by atoms with van der Waals surface area (Å²) in [6.07, 6.45) is 1.31. The molecular formula is C6H7N5. The fourth-order valence-electron chi connectivity index (χ4n) is 1.00. The van der Waals surface area contributed by atoms with Crippen LogP contribution < -0.4 is 5.73 Å². The fraction of sp³-hybridized carbons (Fsp3) is 0.333. The Labute approximate surface area is 63.5 Å². The molecule has 0 aliphatic carbocycles. The second-order valence-electron chi connectivity index (χ2n) is 2.32. The molecule has 0 aromatic carbocycles. The van der Waals surface area contributed by atoms with Gasteiger partial charge in [0.05, 0.1) is 0 Å². The number of amidine groups is 2. The topological polar surface area (TPSA) is 75.5 Å². The number of rotatable bonds is 0. The molecule has 0 amide bonds. The lowest BCUT2D eigenvalue weighted by atomic mass is 10.3. The number of hydrogen-bond acceptors (Lipinski definition) is 5. The van der Waals surface area contributed by atoms with Crippen LogP contribution in [0.4, 0.5) is 0 Å². The van der Waals surface area contributed by atoms with Crippen molar-refractivity contribution < 1.29 is 0 Å². The van der Waals surface area contributed by atoms with Gasteiger partial charge in [0.25, 0.3) is 0 Å². The third-order valence-corrected chi connectivity index (χ3v) is 1.46. The molecule has 0 saturated carbocycles. The van der Waals surface area contributed by atoms with Gasteiger partial charge in [-0.05, 0) is 6.92 Å². The Kier molecular flexibility index (Phi) is 1.12.